The number of hydrogen-bond donors (Lipinski definition) is 2. The molecule has 0 radical (unpaired) electrons. The predicted octanol–water partition coefficient (Wildman–Crippen LogP) is 0.731. The monoisotopic (exact) mass is 186 g/mol. The Kier molecular flexibility index (Phi) is 3.17. The molecule has 12 heavy (non-hydrogen) atoms. The van der Waals surface area contributed by atoms with Crippen LogP contribution in [0.2, 0.25) is 0 Å². The maximum Gasteiger partial charge on any atom is 0.267 e. The molecule has 1 amide bonds. The standard InChI is InChI=1S/C8H11ClN2O/c1-2-10-8(12)6-4-3-5-7(9)11-6/h3-5,7,11H,2H2,1H3,(H,10,12). The molecule has 0 spiro atoms. The van der Waals surface area contributed by atoms with E-state index in [0.29, 0.717) is 12.2 Å². The first-order chi connectivity index (χ1) is 5.74. The van der Waals surface area contributed by atoms with Crippen molar-refractivity contribution in [3.05, 3.63) is 23.9 Å². The SMILES string of the molecule is CCNC(=O)C1=CC=CC(Cl)N1. The van der Waals surface area contributed by atoms with Gasteiger partial charge in [-0.2, -0.15) is 0 Å². The highest BCUT2D eigenvalue weighted by Gasteiger charge is 2.12. The van der Waals surface area contributed by atoms with Gasteiger partial charge in [0, 0.05) is 6.54 Å². The van der Waals surface area contributed by atoms with Crippen molar-refractivity contribution in [3.8, 4) is 0 Å². The van der Waals surface area contributed by atoms with Gasteiger partial charge in [0.05, 0.1) is 0 Å². The molecule has 1 rings (SSSR count). The van der Waals surface area contributed by atoms with Gasteiger partial charge in [0.1, 0.15) is 11.2 Å². The van der Waals surface area contributed by atoms with Crippen molar-refractivity contribution in [3.63, 3.8) is 0 Å². The maximum atomic E-state index is 11.2. The molecule has 1 aliphatic heterocycles. The topological polar surface area (TPSA) is 41.1 Å². The van der Waals surface area contributed by atoms with Crippen LogP contribution in [0.25, 0.3) is 0 Å². The number of alkyl halides is 1. The summed E-state index contributed by atoms with van der Waals surface area (Å²) in [7, 11) is 0. The number of halogens is 1. The van der Waals surface area contributed by atoms with Crippen LogP contribution in [0.1, 0.15) is 6.92 Å². The quantitative estimate of drug-likeness (QED) is 0.493. The molecule has 3 nitrogen and oxygen atoms in total. The molecule has 1 atom stereocenters. The van der Waals surface area contributed by atoms with Crippen molar-refractivity contribution in [2.24, 2.45) is 0 Å². The smallest absolute Gasteiger partial charge is 0.267 e. The van der Waals surface area contributed by atoms with Crippen molar-refractivity contribution in [2.75, 3.05) is 6.54 Å². The van der Waals surface area contributed by atoms with Crippen LogP contribution in [0.5, 0.6) is 0 Å². The number of carbonyl (C=O) groups is 1. The predicted molar refractivity (Wildman–Crippen MR) is 48.7 cm³/mol. The highest BCUT2D eigenvalue weighted by molar-refractivity contribution is 6.22. The van der Waals surface area contributed by atoms with Crippen LogP contribution in [0.15, 0.2) is 23.9 Å². The summed E-state index contributed by atoms with van der Waals surface area (Å²) in [6.07, 6.45) is 5.23. The zero-order chi connectivity index (χ0) is 8.97. The molecule has 1 unspecified atom stereocenters. The number of carbonyl (C=O) groups excluding carboxylic acids is 1. The van der Waals surface area contributed by atoms with E-state index in [2.05, 4.69) is 10.6 Å². The molecule has 1 aliphatic rings. The van der Waals surface area contributed by atoms with Crippen molar-refractivity contribution < 1.29 is 4.79 Å². The Bertz CT molecular complexity index is 235. The first-order valence-electron chi connectivity index (χ1n) is 3.81. The van der Waals surface area contributed by atoms with Crippen molar-refractivity contribution in [1.82, 2.24) is 10.6 Å². The fraction of sp³-hybridized carbons (Fsp3) is 0.375. The van der Waals surface area contributed by atoms with E-state index in [0.717, 1.165) is 0 Å². The van der Waals surface area contributed by atoms with Gasteiger partial charge in [-0.25, -0.2) is 0 Å². The van der Waals surface area contributed by atoms with E-state index in [1.807, 2.05) is 6.92 Å². The summed E-state index contributed by atoms with van der Waals surface area (Å²) in [6.45, 7) is 2.49. The summed E-state index contributed by atoms with van der Waals surface area (Å²) in [5.74, 6) is -0.118. The highest BCUT2D eigenvalue weighted by atomic mass is 35.5. The third-order valence-corrected chi connectivity index (χ3v) is 1.67. The first-order valence-corrected chi connectivity index (χ1v) is 4.25. The number of hydrogen-bond acceptors (Lipinski definition) is 2. The third-order valence-electron chi connectivity index (χ3n) is 1.42. The summed E-state index contributed by atoms with van der Waals surface area (Å²) in [5, 5.41) is 5.50. The Morgan fingerprint density at radius 2 is 2.58 bits per heavy atom. The molecule has 0 saturated heterocycles. The fourth-order valence-corrected chi connectivity index (χ4v) is 1.09. The molecule has 1 heterocycles. The average molecular weight is 187 g/mol. The molecule has 0 aliphatic carbocycles. The van der Waals surface area contributed by atoms with Crippen LogP contribution in [0, 0.1) is 0 Å². The molecule has 0 aromatic heterocycles. The second kappa shape index (κ2) is 4.16. The molecule has 0 saturated carbocycles. The second-order valence-corrected chi connectivity index (χ2v) is 2.84. The summed E-state index contributed by atoms with van der Waals surface area (Å²) in [5.41, 5.74) is 0.229. The lowest BCUT2D eigenvalue weighted by Crippen LogP contribution is -2.35. The van der Waals surface area contributed by atoms with Crippen molar-refractivity contribution in [1.29, 1.82) is 0 Å². The number of allylic oxidation sites excluding steroid dienone is 2. The van der Waals surface area contributed by atoms with Gasteiger partial charge in [0.2, 0.25) is 0 Å². The van der Waals surface area contributed by atoms with Gasteiger partial charge in [-0.15, -0.1) is 0 Å². The molecular weight excluding hydrogens is 176 g/mol. The minimum absolute atomic E-state index is 0.118. The van der Waals surface area contributed by atoms with Crippen LogP contribution in [-0.2, 0) is 4.79 Å². The number of rotatable bonds is 2. The van der Waals surface area contributed by atoms with Crippen LogP contribution < -0.4 is 10.6 Å². The normalized spacial score (nSPS) is 21.2. The van der Waals surface area contributed by atoms with Gasteiger partial charge >= 0.3 is 0 Å². The number of amides is 1. The van der Waals surface area contributed by atoms with Gasteiger partial charge in [0.25, 0.3) is 5.91 Å². The zero-order valence-corrected chi connectivity index (χ0v) is 7.56. The number of likely N-dealkylation sites (N-methyl/N-ethyl adjacent to an activating group) is 1. The molecule has 0 aromatic rings. The minimum Gasteiger partial charge on any atom is -0.362 e. The van der Waals surface area contributed by atoms with Gasteiger partial charge in [-0.3, -0.25) is 4.79 Å². The Labute approximate surface area is 76.5 Å². The molecule has 4 heteroatoms. The van der Waals surface area contributed by atoms with E-state index >= 15 is 0 Å². The number of dihydropyridines is 1. The van der Waals surface area contributed by atoms with E-state index in [-0.39, 0.29) is 11.4 Å². The maximum absolute atomic E-state index is 11.2. The Balaban J connectivity index is 2.57. The molecule has 0 fully saturated rings. The Morgan fingerprint density at radius 3 is 3.17 bits per heavy atom. The van der Waals surface area contributed by atoms with Crippen LogP contribution in [0.3, 0.4) is 0 Å². The zero-order valence-electron chi connectivity index (χ0n) is 6.80. The second-order valence-electron chi connectivity index (χ2n) is 2.37. The summed E-state index contributed by atoms with van der Waals surface area (Å²) in [6, 6.07) is 0. The van der Waals surface area contributed by atoms with E-state index in [9.17, 15) is 4.79 Å². The van der Waals surface area contributed by atoms with E-state index in [4.69, 9.17) is 11.6 Å². The average Bonchev–Trinajstić information content (AvgIpc) is 2.05. The highest BCUT2D eigenvalue weighted by Crippen LogP contribution is 2.04. The van der Waals surface area contributed by atoms with Crippen molar-refractivity contribution in [2.45, 2.75) is 12.4 Å². The van der Waals surface area contributed by atoms with Crippen molar-refractivity contribution >= 4 is 17.5 Å². The van der Waals surface area contributed by atoms with Gasteiger partial charge in [-0.05, 0) is 19.1 Å². The third kappa shape index (κ3) is 2.27. The first kappa shape index (κ1) is 9.13. The van der Waals surface area contributed by atoms with E-state index in [1.54, 1.807) is 18.2 Å². The lowest BCUT2D eigenvalue weighted by molar-refractivity contribution is -0.117. The largest absolute Gasteiger partial charge is 0.362 e. The van der Waals surface area contributed by atoms with E-state index in [1.165, 1.54) is 0 Å². The molecule has 0 aromatic carbocycles. The van der Waals surface area contributed by atoms with Crippen LogP contribution >= 0.6 is 11.6 Å². The summed E-state index contributed by atoms with van der Waals surface area (Å²) < 4.78 is 0. The lowest BCUT2D eigenvalue weighted by Gasteiger charge is -2.15. The van der Waals surface area contributed by atoms with Crippen LogP contribution in [-0.4, -0.2) is 18.0 Å². The Hall–Kier alpha value is -0.960. The molecular formula is C8H11ClN2O. The Morgan fingerprint density at radius 1 is 1.83 bits per heavy atom. The van der Waals surface area contributed by atoms with Gasteiger partial charge in [0.15, 0.2) is 0 Å². The summed E-state index contributed by atoms with van der Waals surface area (Å²) >= 11 is 5.74. The van der Waals surface area contributed by atoms with Gasteiger partial charge in [-0.1, -0.05) is 17.7 Å². The molecule has 2 N–H and O–H groups in total. The lowest BCUT2D eigenvalue weighted by atomic mass is 10.3. The van der Waals surface area contributed by atoms with Crippen LogP contribution in [0.4, 0.5) is 0 Å². The van der Waals surface area contributed by atoms with E-state index < -0.39 is 0 Å². The molecule has 0 bridgehead atoms. The minimum atomic E-state index is -0.285. The van der Waals surface area contributed by atoms with Gasteiger partial charge < -0.3 is 10.6 Å². The fourth-order valence-electron chi connectivity index (χ4n) is 0.891. The molecule has 66 valence electrons. The number of nitrogens with one attached hydrogen (secondary N) is 2. The summed E-state index contributed by atoms with van der Waals surface area (Å²) in [4.78, 5) is 11.2.